The fourth-order valence-electron chi connectivity index (χ4n) is 7.77. The molecule has 0 N–H and O–H groups in total. The maximum atomic E-state index is 6.83. The first-order valence-corrected chi connectivity index (χ1v) is 17.4. The highest BCUT2D eigenvalue weighted by atomic mass is 16.3. The van der Waals surface area contributed by atoms with Gasteiger partial charge in [0.25, 0.3) is 0 Å². The molecule has 0 fully saturated rings. The Morgan fingerprint density at radius 2 is 1.02 bits per heavy atom. The molecule has 7 aromatic carbocycles. The predicted molar refractivity (Wildman–Crippen MR) is 211 cm³/mol. The van der Waals surface area contributed by atoms with Gasteiger partial charge in [0.1, 0.15) is 22.3 Å². The molecule has 242 valence electrons. The van der Waals surface area contributed by atoms with E-state index in [1.54, 1.807) is 0 Å². The number of benzene rings is 7. The second kappa shape index (κ2) is 11.2. The fourth-order valence-corrected chi connectivity index (χ4v) is 7.77. The summed E-state index contributed by atoms with van der Waals surface area (Å²) in [5.74, 6) is 0.589. The minimum atomic E-state index is 0.589. The van der Waals surface area contributed by atoms with Crippen molar-refractivity contribution >= 4 is 65.6 Å². The number of pyridine rings is 1. The Bertz CT molecular complexity index is 3180. The van der Waals surface area contributed by atoms with Gasteiger partial charge in [-0.25, -0.2) is 15.0 Å². The first kappa shape index (κ1) is 28.7. The lowest BCUT2D eigenvalue weighted by atomic mass is 9.96. The Balaban J connectivity index is 1.21. The number of rotatable bonds is 4. The van der Waals surface area contributed by atoms with E-state index in [2.05, 4.69) is 103 Å². The van der Waals surface area contributed by atoms with Crippen molar-refractivity contribution in [2.75, 3.05) is 0 Å². The molecule has 11 rings (SSSR count). The van der Waals surface area contributed by atoms with Crippen LogP contribution in [0.3, 0.4) is 0 Å². The molecule has 4 aromatic heterocycles. The van der Waals surface area contributed by atoms with Gasteiger partial charge in [-0.1, -0.05) is 121 Å². The van der Waals surface area contributed by atoms with Crippen LogP contribution >= 0.6 is 0 Å². The highest BCUT2D eigenvalue weighted by Gasteiger charge is 2.22. The second-order valence-corrected chi connectivity index (χ2v) is 13.1. The Hall–Kier alpha value is -7.11. The van der Waals surface area contributed by atoms with E-state index in [4.69, 9.17) is 23.8 Å². The standard InChI is InChI=1S/C47H27N3O2/c1-3-13-28(14-4-1)37-27-38(31-19-12-24-40-42(31)32-18-8-10-23-39(32)51-40)50-47(49-37)35-21-11-20-34-44-41(52-46(34)35)26-25-33-43(44)30-17-7-9-22-36(30)48-45(33)29-15-5-2-6-16-29/h1-27H. The number of nitrogens with zero attached hydrogens (tertiary/aromatic N) is 3. The van der Waals surface area contributed by atoms with E-state index in [-0.39, 0.29) is 0 Å². The Labute approximate surface area is 297 Å². The summed E-state index contributed by atoms with van der Waals surface area (Å²) in [5.41, 5.74) is 10.6. The molecule has 0 spiro atoms. The molecule has 11 aromatic rings. The maximum absolute atomic E-state index is 6.83. The van der Waals surface area contributed by atoms with Crippen LogP contribution in [0.25, 0.3) is 111 Å². The van der Waals surface area contributed by atoms with Crippen molar-refractivity contribution in [1.29, 1.82) is 0 Å². The summed E-state index contributed by atoms with van der Waals surface area (Å²) in [6.07, 6.45) is 0. The predicted octanol–water partition coefficient (Wildman–Crippen LogP) is 12.6. The molecule has 0 unspecified atom stereocenters. The summed E-state index contributed by atoms with van der Waals surface area (Å²) < 4.78 is 13.1. The van der Waals surface area contributed by atoms with E-state index < -0.39 is 0 Å². The summed E-state index contributed by atoms with van der Waals surface area (Å²) in [6, 6.07) is 55.9. The molecule has 0 atom stereocenters. The lowest BCUT2D eigenvalue weighted by Gasteiger charge is -2.11. The Morgan fingerprint density at radius 1 is 0.365 bits per heavy atom. The third kappa shape index (κ3) is 4.33. The molecule has 0 saturated carbocycles. The van der Waals surface area contributed by atoms with Gasteiger partial charge in [-0.3, -0.25) is 0 Å². The average molecular weight is 666 g/mol. The quantitative estimate of drug-likeness (QED) is 0.175. The van der Waals surface area contributed by atoms with Gasteiger partial charge >= 0.3 is 0 Å². The van der Waals surface area contributed by atoms with Crippen molar-refractivity contribution in [3.63, 3.8) is 0 Å². The Morgan fingerprint density at radius 3 is 1.88 bits per heavy atom. The van der Waals surface area contributed by atoms with E-state index in [1.165, 1.54) is 0 Å². The highest BCUT2D eigenvalue weighted by molar-refractivity contribution is 6.29. The van der Waals surface area contributed by atoms with Crippen LogP contribution in [0.4, 0.5) is 0 Å². The van der Waals surface area contributed by atoms with Crippen molar-refractivity contribution in [1.82, 2.24) is 15.0 Å². The van der Waals surface area contributed by atoms with Gasteiger partial charge in [0.2, 0.25) is 0 Å². The van der Waals surface area contributed by atoms with E-state index >= 15 is 0 Å². The highest BCUT2D eigenvalue weighted by Crippen LogP contribution is 2.44. The first-order chi connectivity index (χ1) is 25.8. The SMILES string of the molecule is c1ccc(-c2cc(-c3cccc4oc5ccccc5c34)nc(-c3cccc4c3oc3ccc5c(-c6ccccc6)nc6ccccc6c5c34)n2)cc1. The van der Waals surface area contributed by atoms with Crippen LogP contribution in [-0.4, -0.2) is 15.0 Å². The van der Waals surface area contributed by atoms with Gasteiger partial charge in [0.15, 0.2) is 5.82 Å². The number of hydrogen-bond donors (Lipinski definition) is 0. The van der Waals surface area contributed by atoms with Gasteiger partial charge in [0, 0.05) is 54.4 Å². The molecule has 52 heavy (non-hydrogen) atoms. The fraction of sp³-hybridized carbons (Fsp3) is 0. The topological polar surface area (TPSA) is 65.0 Å². The summed E-state index contributed by atoms with van der Waals surface area (Å²) in [7, 11) is 0. The third-order valence-corrected chi connectivity index (χ3v) is 10.1. The molecule has 0 aliphatic carbocycles. The molecule has 0 radical (unpaired) electrons. The first-order valence-electron chi connectivity index (χ1n) is 17.4. The van der Waals surface area contributed by atoms with Gasteiger partial charge < -0.3 is 8.83 Å². The number of hydrogen-bond acceptors (Lipinski definition) is 5. The van der Waals surface area contributed by atoms with Crippen LogP contribution in [0.5, 0.6) is 0 Å². The summed E-state index contributed by atoms with van der Waals surface area (Å²) >= 11 is 0. The molecule has 0 bridgehead atoms. The van der Waals surface area contributed by atoms with Gasteiger partial charge in [-0.2, -0.15) is 0 Å². The molecular weight excluding hydrogens is 639 g/mol. The van der Waals surface area contributed by atoms with E-state index in [0.29, 0.717) is 5.82 Å². The van der Waals surface area contributed by atoms with Crippen LogP contribution in [0.1, 0.15) is 0 Å². The average Bonchev–Trinajstić information content (AvgIpc) is 3.80. The van der Waals surface area contributed by atoms with Crippen molar-refractivity contribution in [3.05, 3.63) is 164 Å². The van der Waals surface area contributed by atoms with Crippen LogP contribution in [0, 0.1) is 0 Å². The lowest BCUT2D eigenvalue weighted by Crippen LogP contribution is -1.96. The lowest BCUT2D eigenvalue weighted by molar-refractivity contribution is 0.669. The second-order valence-electron chi connectivity index (χ2n) is 13.1. The van der Waals surface area contributed by atoms with Gasteiger partial charge in [-0.05, 0) is 42.5 Å². The number of aromatic nitrogens is 3. The zero-order chi connectivity index (χ0) is 34.2. The molecule has 0 aliphatic rings. The zero-order valence-corrected chi connectivity index (χ0v) is 27.7. The van der Waals surface area contributed by atoms with Crippen LogP contribution in [0.2, 0.25) is 0 Å². The smallest absolute Gasteiger partial charge is 0.164 e. The zero-order valence-electron chi connectivity index (χ0n) is 27.7. The van der Waals surface area contributed by atoms with E-state index in [0.717, 1.165) is 105 Å². The van der Waals surface area contributed by atoms with Crippen molar-refractivity contribution in [2.45, 2.75) is 0 Å². The number of furan rings is 2. The van der Waals surface area contributed by atoms with Crippen LogP contribution < -0.4 is 0 Å². The van der Waals surface area contributed by atoms with Gasteiger partial charge in [0.05, 0.1) is 28.2 Å². The molecule has 4 heterocycles. The normalized spacial score (nSPS) is 11.8. The van der Waals surface area contributed by atoms with Gasteiger partial charge in [-0.15, -0.1) is 0 Å². The minimum absolute atomic E-state index is 0.589. The molecule has 5 nitrogen and oxygen atoms in total. The minimum Gasteiger partial charge on any atom is -0.456 e. The molecular formula is C47H27N3O2. The molecule has 0 saturated heterocycles. The number of para-hydroxylation sites is 3. The molecule has 0 amide bonds. The molecule has 5 heteroatoms. The third-order valence-electron chi connectivity index (χ3n) is 10.1. The van der Waals surface area contributed by atoms with Crippen molar-refractivity contribution in [2.24, 2.45) is 0 Å². The molecule has 0 aliphatic heterocycles. The number of fused-ring (bicyclic) bond motifs is 10. The van der Waals surface area contributed by atoms with E-state index in [1.807, 2.05) is 60.7 Å². The summed E-state index contributed by atoms with van der Waals surface area (Å²) in [5, 5.41) is 7.43. The summed E-state index contributed by atoms with van der Waals surface area (Å²) in [6.45, 7) is 0. The van der Waals surface area contributed by atoms with Crippen molar-refractivity contribution in [3.8, 4) is 45.2 Å². The monoisotopic (exact) mass is 665 g/mol. The van der Waals surface area contributed by atoms with Crippen LogP contribution in [-0.2, 0) is 0 Å². The van der Waals surface area contributed by atoms with Crippen LogP contribution in [0.15, 0.2) is 173 Å². The summed E-state index contributed by atoms with van der Waals surface area (Å²) in [4.78, 5) is 15.7. The van der Waals surface area contributed by atoms with Crippen molar-refractivity contribution < 1.29 is 8.83 Å². The largest absolute Gasteiger partial charge is 0.456 e. The Kier molecular flexibility index (Phi) is 6.18. The maximum Gasteiger partial charge on any atom is 0.164 e. The van der Waals surface area contributed by atoms with E-state index in [9.17, 15) is 0 Å².